The Morgan fingerprint density at radius 1 is 1.32 bits per heavy atom. The van der Waals surface area contributed by atoms with E-state index in [0.29, 0.717) is 18.5 Å². The lowest BCUT2D eigenvalue weighted by atomic mass is 9.96. The Morgan fingerprint density at radius 3 is 2.68 bits per heavy atom. The Bertz CT molecular complexity index is 685. The minimum atomic E-state index is -3.70. The molecule has 0 radical (unpaired) electrons. The van der Waals surface area contributed by atoms with E-state index in [1.807, 2.05) is 11.8 Å². The highest BCUT2D eigenvalue weighted by Crippen LogP contribution is 2.27. The van der Waals surface area contributed by atoms with Gasteiger partial charge in [0.05, 0.1) is 12.0 Å². The van der Waals surface area contributed by atoms with Gasteiger partial charge in [-0.2, -0.15) is 11.8 Å². The van der Waals surface area contributed by atoms with Gasteiger partial charge < -0.3 is 4.74 Å². The number of benzene rings is 1. The van der Waals surface area contributed by atoms with Gasteiger partial charge in [-0.25, -0.2) is 17.5 Å². The molecule has 2 aliphatic heterocycles. The molecule has 1 unspecified atom stereocenters. The van der Waals surface area contributed by atoms with Gasteiger partial charge in [-0.05, 0) is 62.2 Å². The van der Waals surface area contributed by atoms with E-state index >= 15 is 0 Å². The lowest BCUT2D eigenvalue weighted by Crippen LogP contribution is -2.43. The average Bonchev–Trinajstić information content (AvgIpc) is 3.15. The lowest BCUT2D eigenvalue weighted by molar-refractivity contribution is 0.145. The molecule has 0 spiro atoms. The fourth-order valence-corrected chi connectivity index (χ4v) is 5.84. The first-order valence-corrected chi connectivity index (χ1v) is 11.3. The molecule has 1 aromatic carbocycles. The Hall–Kier alpha value is -0.830. The van der Waals surface area contributed by atoms with Gasteiger partial charge >= 0.3 is 0 Å². The number of thioether (sulfide) groups is 1. The number of rotatable bonds is 6. The summed E-state index contributed by atoms with van der Waals surface area (Å²) in [7, 11) is -2.35. The number of hydrogen-bond acceptors (Lipinski definition) is 5. The predicted molar refractivity (Wildman–Crippen MR) is 98.2 cm³/mol. The number of piperidine rings is 1. The molecular formula is C17H25FN2O3S2. The van der Waals surface area contributed by atoms with Crippen molar-refractivity contribution in [3.63, 3.8) is 0 Å². The summed E-state index contributed by atoms with van der Waals surface area (Å²) in [6, 6.07) is 4.40. The van der Waals surface area contributed by atoms with Crippen molar-refractivity contribution in [2.24, 2.45) is 5.92 Å². The molecule has 2 heterocycles. The van der Waals surface area contributed by atoms with E-state index in [1.54, 1.807) is 0 Å². The highest BCUT2D eigenvalue weighted by molar-refractivity contribution is 7.99. The van der Waals surface area contributed by atoms with Crippen LogP contribution in [0.5, 0.6) is 5.75 Å². The predicted octanol–water partition coefficient (Wildman–Crippen LogP) is 2.33. The van der Waals surface area contributed by atoms with Crippen LogP contribution in [0.1, 0.15) is 19.3 Å². The highest BCUT2D eigenvalue weighted by atomic mass is 32.2. The van der Waals surface area contributed by atoms with Crippen LogP contribution in [0.25, 0.3) is 0 Å². The van der Waals surface area contributed by atoms with Crippen LogP contribution in [-0.4, -0.2) is 57.6 Å². The molecule has 1 atom stereocenters. The van der Waals surface area contributed by atoms with Crippen LogP contribution in [0.2, 0.25) is 0 Å². The first kappa shape index (κ1) is 18.9. The summed E-state index contributed by atoms with van der Waals surface area (Å²) < 4.78 is 45.9. The van der Waals surface area contributed by atoms with Crippen LogP contribution in [0.3, 0.4) is 0 Å². The normalized spacial score (nSPS) is 23.0. The second-order valence-corrected chi connectivity index (χ2v) is 9.56. The number of nitrogens with zero attached hydrogens (tertiary/aromatic N) is 1. The zero-order valence-electron chi connectivity index (χ0n) is 14.4. The Labute approximate surface area is 153 Å². The van der Waals surface area contributed by atoms with E-state index in [9.17, 15) is 12.8 Å². The van der Waals surface area contributed by atoms with Gasteiger partial charge in [-0.1, -0.05) is 0 Å². The van der Waals surface area contributed by atoms with E-state index in [4.69, 9.17) is 4.74 Å². The molecule has 2 saturated heterocycles. The minimum Gasteiger partial charge on any atom is -0.494 e. The monoisotopic (exact) mass is 388 g/mol. The average molecular weight is 389 g/mol. The number of hydrogen-bond donors (Lipinski definition) is 1. The van der Waals surface area contributed by atoms with Gasteiger partial charge in [0.1, 0.15) is 0 Å². The Kier molecular flexibility index (Phi) is 6.25. The number of likely N-dealkylation sites (tertiary alicyclic amines) is 1. The summed E-state index contributed by atoms with van der Waals surface area (Å²) in [5.41, 5.74) is 0. The molecule has 0 aliphatic carbocycles. The summed E-state index contributed by atoms with van der Waals surface area (Å²) in [4.78, 5) is 2.48. The van der Waals surface area contributed by atoms with Crippen LogP contribution in [0.15, 0.2) is 23.1 Å². The van der Waals surface area contributed by atoms with E-state index in [-0.39, 0.29) is 10.6 Å². The first-order valence-electron chi connectivity index (χ1n) is 8.64. The van der Waals surface area contributed by atoms with Crippen molar-refractivity contribution in [1.29, 1.82) is 0 Å². The number of nitrogens with one attached hydrogen (secondary N) is 1. The molecule has 0 aromatic heterocycles. The lowest BCUT2D eigenvalue weighted by Gasteiger charge is -2.35. The zero-order chi connectivity index (χ0) is 17.9. The van der Waals surface area contributed by atoms with Gasteiger partial charge in [0, 0.05) is 18.3 Å². The third-order valence-electron chi connectivity index (χ3n) is 5.07. The first-order chi connectivity index (χ1) is 12.0. The van der Waals surface area contributed by atoms with Gasteiger partial charge in [0.2, 0.25) is 10.0 Å². The van der Waals surface area contributed by atoms with Crippen molar-refractivity contribution in [2.45, 2.75) is 30.2 Å². The summed E-state index contributed by atoms with van der Waals surface area (Å²) in [5, 5.41) is 0. The molecule has 3 rings (SSSR count). The summed E-state index contributed by atoms with van der Waals surface area (Å²) in [6.07, 6.45) is 3.27. The van der Waals surface area contributed by atoms with E-state index in [1.165, 1.54) is 37.2 Å². The molecule has 2 fully saturated rings. The van der Waals surface area contributed by atoms with E-state index in [2.05, 4.69) is 9.62 Å². The quantitative estimate of drug-likeness (QED) is 0.811. The van der Waals surface area contributed by atoms with Gasteiger partial charge in [0.15, 0.2) is 11.6 Å². The maximum atomic E-state index is 13.7. The van der Waals surface area contributed by atoms with Crippen molar-refractivity contribution in [3.8, 4) is 5.75 Å². The minimum absolute atomic E-state index is 0.0383. The molecule has 5 nitrogen and oxygen atoms in total. The highest BCUT2D eigenvalue weighted by Gasteiger charge is 2.28. The van der Waals surface area contributed by atoms with Crippen molar-refractivity contribution in [1.82, 2.24) is 9.62 Å². The molecule has 0 bridgehead atoms. The van der Waals surface area contributed by atoms with Crippen molar-refractivity contribution in [3.05, 3.63) is 24.0 Å². The summed E-state index contributed by atoms with van der Waals surface area (Å²) >= 11 is 2.02. The maximum absolute atomic E-state index is 13.7. The van der Waals surface area contributed by atoms with Crippen molar-refractivity contribution in [2.75, 3.05) is 38.2 Å². The molecule has 0 amide bonds. The SMILES string of the molecule is COc1ccc(S(=O)(=O)NCC2CCN(C3CCSC3)CC2)cc1F. The second kappa shape index (κ2) is 8.24. The van der Waals surface area contributed by atoms with Gasteiger partial charge in [-0.3, -0.25) is 4.90 Å². The molecule has 2 aliphatic rings. The molecule has 0 saturated carbocycles. The van der Waals surface area contributed by atoms with Gasteiger partial charge in [-0.15, -0.1) is 0 Å². The number of halogens is 1. The summed E-state index contributed by atoms with van der Waals surface area (Å²) in [5.74, 6) is 2.18. The second-order valence-electron chi connectivity index (χ2n) is 6.65. The van der Waals surface area contributed by atoms with Gasteiger partial charge in [0.25, 0.3) is 0 Å². The number of sulfonamides is 1. The van der Waals surface area contributed by atoms with Crippen LogP contribution >= 0.6 is 11.8 Å². The van der Waals surface area contributed by atoms with E-state index in [0.717, 1.165) is 32.0 Å². The largest absolute Gasteiger partial charge is 0.494 e. The zero-order valence-corrected chi connectivity index (χ0v) is 16.0. The fourth-order valence-electron chi connectivity index (χ4n) is 3.46. The topological polar surface area (TPSA) is 58.6 Å². The molecule has 1 N–H and O–H groups in total. The molecular weight excluding hydrogens is 363 g/mol. The Morgan fingerprint density at radius 2 is 2.08 bits per heavy atom. The third kappa shape index (κ3) is 4.67. The van der Waals surface area contributed by atoms with Crippen molar-refractivity contribution < 1.29 is 17.5 Å². The number of methoxy groups -OCH3 is 1. The van der Waals surface area contributed by atoms with Crippen LogP contribution in [0.4, 0.5) is 4.39 Å². The van der Waals surface area contributed by atoms with Crippen LogP contribution in [0, 0.1) is 11.7 Å². The maximum Gasteiger partial charge on any atom is 0.240 e. The Balaban J connectivity index is 1.52. The van der Waals surface area contributed by atoms with E-state index < -0.39 is 15.8 Å². The molecule has 8 heteroatoms. The smallest absolute Gasteiger partial charge is 0.240 e. The van der Waals surface area contributed by atoms with Crippen molar-refractivity contribution >= 4 is 21.8 Å². The molecule has 140 valence electrons. The summed E-state index contributed by atoms with van der Waals surface area (Å²) in [6.45, 7) is 2.48. The number of ether oxygens (including phenoxy) is 1. The van der Waals surface area contributed by atoms with Crippen LogP contribution in [-0.2, 0) is 10.0 Å². The fraction of sp³-hybridized carbons (Fsp3) is 0.647. The third-order valence-corrected chi connectivity index (χ3v) is 7.63. The standard InChI is InChI=1S/C17H25FN2O3S2/c1-23-17-3-2-15(10-16(17)18)25(21,22)19-11-13-4-7-20(8-5-13)14-6-9-24-12-14/h2-3,10,13-14,19H,4-9,11-12H2,1H3. The van der Waals surface area contributed by atoms with Crippen LogP contribution < -0.4 is 9.46 Å². The molecule has 25 heavy (non-hydrogen) atoms. The molecule has 1 aromatic rings.